The molecule has 0 radical (unpaired) electrons. The van der Waals surface area contributed by atoms with Gasteiger partial charge in [-0.15, -0.1) is 0 Å². The fraction of sp³-hybridized carbons (Fsp3) is 0.471. The van der Waals surface area contributed by atoms with E-state index < -0.39 is 0 Å². The Morgan fingerprint density at radius 3 is 2.58 bits per heavy atom. The van der Waals surface area contributed by atoms with E-state index in [-0.39, 0.29) is 5.54 Å². The summed E-state index contributed by atoms with van der Waals surface area (Å²) in [6.45, 7) is 8.78. The molecular weight excluding hydrogens is 232 g/mol. The van der Waals surface area contributed by atoms with Gasteiger partial charge < -0.3 is 5.32 Å². The first-order chi connectivity index (χ1) is 8.99. The van der Waals surface area contributed by atoms with E-state index in [0.717, 1.165) is 11.9 Å². The van der Waals surface area contributed by atoms with Crippen LogP contribution in [-0.4, -0.2) is 10.5 Å². The molecule has 2 nitrogen and oxygen atoms in total. The van der Waals surface area contributed by atoms with E-state index >= 15 is 0 Å². The number of nitrogens with zero attached hydrogens (tertiary/aromatic N) is 1. The molecule has 1 N–H and O–H groups in total. The minimum Gasteiger partial charge on any atom is -0.380 e. The van der Waals surface area contributed by atoms with Gasteiger partial charge in [-0.2, -0.15) is 0 Å². The molecule has 19 heavy (non-hydrogen) atoms. The van der Waals surface area contributed by atoms with Crippen LogP contribution in [0.4, 0.5) is 5.69 Å². The van der Waals surface area contributed by atoms with Crippen LogP contribution in [0.5, 0.6) is 0 Å². The zero-order valence-corrected chi connectivity index (χ0v) is 12.5. The highest BCUT2D eigenvalue weighted by atomic mass is 15.0. The van der Waals surface area contributed by atoms with Crippen LogP contribution in [0.1, 0.15) is 46.2 Å². The first kappa shape index (κ1) is 13.9. The monoisotopic (exact) mass is 256 g/mol. The zero-order chi connectivity index (χ0) is 13.9. The van der Waals surface area contributed by atoms with E-state index in [9.17, 15) is 0 Å². The smallest absolute Gasteiger partial charge is 0.0726 e. The maximum Gasteiger partial charge on any atom is 0.0726 e. The summed E-state index contributed by atoms with van der Waals surface area (Å²) in [5.41, 5.74) is 3.53. The molecule has 0 aliphatic carbocycles. The number of hydrogen-bond donors (Lipinski definition) is 1. The van der Waals surface area contributed by atoms with Gasteiger partial charge in [0.05, 0.1) is 5.52 Å². The fourth-order valence-corrected chi connectivity index (χ4v) is 2.22. The van der Waals surface area contributed by atoms with Crippen LogP contribution in [0.2, 0.25) is 0 Å². The molecule has 1 heterocycles. The van der Waals surface area contributed by atoms with E-state index in [2.05, 4.69) is 63.3 Å². The SMILES string of the molecule is CCCCc1cc(NC(C)(C)C)c2ccccc2n1. The number of unbranched alkanes of at least 4 members (excludes halogenated alkanes) is 1. The van der Waals surface area contributed by atoms with Gasteiger partial charge in [0.1, 0.15) is 0 Å². The number of aryl methyl sites for hydroxylation is 1. The maximum absolute atomic E-state index is 4.76. The Morgan fingerprint density at radius 2 is 1.89 bits per heavy atom. The third kappa shape index (κ3) is 3.69. The van der Waals surface area contributed by atoms with Gasteiger partial charge >= 0.3 is 0 Å². The van der Waals surface area contributed by atoms with Gasteiger partial charge in [0.15, 0.2) is 0 Å². The summed E-state index contributed by atoms with van der Waals surface area (Å²) in [6, 6.07) is 10.6. The van der Waals surface area contributed by atoms with Gasteiger partial charge in [-0.1, -0.05) is 31.5 Å². The Kier molecular flexibility index (Phi) is 4.08. The average Bonchev–Trinajstić information content (AvgIpc) is 2.34. The molecule has 0 fully saturated rings. The Balaban J connectivity index is 2.45. The van der Waals surface area contributed by atoms with Crippen molar-refractivity contribution in [3.8, 4) is 0 Å². The number of benzene rings is 1. The van der Waals surface area contributed by atoms with Crippen LogP contribution in [0.15, 0.2) is 30.3 Å². The molecule has 102 valence electrons. The molecule has 0 bridgehead atoms. The second kappa shape index (κ2) is 5.60. The van der Waals surface area contributed by atoms with Crippen molar-refractivity contribution in [3.63, 3.8) is 0 Å². The molecule has 0 unspecified atom stereocenters. The van der Waals surface area contributed by atoms with Crippen LogP contribution in [0, 0.1) is 0 Å². The third-order valence-corrected chi connectivity index (χ3v) is 3.07. The molecule has 2 aromatic rings. The van der Waals surface area contributed by atoms with Crippen molar-refractivity contribution >= 4 is 16.6 Å². The fourth-order valence-electron chi connectivity index (χ4n) is 2.22. The number of para-hydroxylation sites is 1. The van der Waals surface area contributed by atoms with E-state index in [1.165, 1.54) is 29.6 Å². The largest absolute Gasteiger partial charge is 0.380 e. The summed E-state index contributed by atoms with van der Waals surface area (Å²) < 4.78 is 0. The predicted octanol–water partition coefficient (Wildman–Crippen LogP) is 4.79. The highest BCUT2D eigenvalue weighted by Gasteiger charge is 2.13. The van der Waals surface area contributed by atoms with Crippen molar-refractivity contribution in [2.45, 2.75) is 52.5 Å². The first-order valence-corrected chi connectivity index (χ1v) is 7.16. The minimum atomic E-state index is 0.0617. The summed E-state index contributed by atoms with van der Waals surface area (Å²) in [6.07, 6.45) is 3.46. The van der Waals surface area contributed by atoms with Crippen molar-refractivity contribution in [2.24, 2.45) is 0 Å². The lowest BCUT2D eigenvalue weighted by Gasteiger charge is -2.23. The summed E-state index contributed by atoms with van der Waals surface area (Å²) in [7, 11) is 0. The van der Waals surface area contributed by atoms with Crippen LogP contribution in [-0.2, 0) is 6.42 Å². The topological polar surface area (TPSA) is 24.9 Å². The normalized spacial score (nSPS) is 11.8. The molecule has 0 aliphatic rings. The van der Waals surface area contributed by atoms with Crippen molar-refractivity contribution in [1.82, 2.24) is 4.98 Å². The number of pyridine rings is 1. The second-order valence-electron chi connectivity index (χ2n) is 6.16. The average molecular weight is 256 g/mol. The molecule has 0 saturated carbocycles. The second-order valence-corrected chi connectivity index (χ2v) is 6.16. The molecule has 0 amide bonds. The number of rotatable bonds is 4. The van der Waals surface area contributed by atoms with Crippen LogP contribution in [0.3, 0.4) is 0 Å². The van der Waals surface area contributed by atoms with Gasteiger partial charge in [0, 0.05) is 22.3 Å². The molecule has 1 aromatic heterocycles. The Morgan fingerprint density at radius 1 is 1.16 bits per heavy atom. The van der Waals surface area contributed by atoms with E-state index in [1.807, 2.05) is 0 Å². The molecule has 2 rings (SSSR count). The van der Waals surface area contributed by atoms with E-state index in [1.54, 1.807) is 0 Å². The quantitative estimate of drug-likeness (QED) is 0.851. The molecule has 0 atom stereocenters. The zero-order valence-electron chi connectivity index (χ0n) is 12.5. The molecule has 2 heteroatoms. The van der Waals surface area contributed by atoms with Crippen LogP contribution < -0.4 is 5.32 Å². The lowest BCUT2D eigenvalue weighted by molar-refractivity contribution is 0.634. The number of nitrogens with one attached hydrogen (secondary N) is 1. The highest BCUT2D eigenvalue weighted by Crippen LogP contribution is 2.26. The number of aromatic nitrogens is 1. The Bertz CT molecular complexity index is 553. The summed E-state index contributed by atoms with van der Waals surface area (Å²) in [5.74, 6) is 0. The number of fused-ring (bicyclic) bond motifs is 1. The van der Waals surface area contributed by atoms with E-state index in [0.29, 0.717) is 0 Å². The summed E-state index contributed by atoms with van der Waals surface area (Å²) >= 11 is 0. The van der Waals surface area contributed by atoms with Gasteiger partial charge in [-0.3, -0.25) is 4.98 Å². The van der Waals surface area contributed by atoms with Gasteiger partial charge in [0.25, 0.3) is 0 Å². The predicted molar refractivity (Wildman–Crippen MR) is 83.7 cm³/mol. The first-order valence-electron chi connectivity index (χ1n) is 7.16. The lowest BCUT2D eigenvalue weighted by Crippen LogP contribution is -2.26. The number of hydrogen-bond acceptors (Lipinski definition) is 2. The van der Waals surface area contributed by atoms with Gasteiger partial charge in [-0.25, -0.2) is 0 Å². The molecule has 0 aliphatic heterocycles. The Labute approximate surface area is 116 Å². The van der Waals surface area contributed by atoms with Crippen LogP contribution >= 0.6 is 0 Å². The molecular formula is C17H24N2. The maximum atomic E-state index is 4.76. The van der Waals surface area contributed by atoms with Crippen LogP contribution in [0.25, 0.3) is 10.9 Å². The molecule has 0 saturated heterocycles. The lowest BCUT2D eigenvalue weighted by atomic mass is 10.1. The van der Waals surface area contributed by atoms with Crippen molar-refractivity contribution < 1.29 is 0 Å². The minimum absolute atomic E-state index is 0.0617. The van der Waals surface area contributed by atoms with E-state index in [4.69, 9.17) is 4.98 Å². The molecule has 0 spiro atoms. The van der Waals surface area contributed by atoms with Crippen molar-refractivity contribution in [1.29, 1.82) is 0 Å². The Hall–Kier alpha value is -1.57. The number of anilines is 1. The van der Waals surface area contributed by atoms with Crippen molar-refractivity contribution in [3.05, 3.63) is 36.0 Å². The highest BCUT2D eigenvalue weighted by molar-refractivity contribution is 5.91. The van der Waals surface area contributed by atoms with Crippen molar-refractivity contribution in [2.75, 3.05) is 5.32 Å². The summed E-state index contributed by atoms with van der Waals surface area (Å²) in [5, 5.41) is 4.81. The summed E-state index contributed by atoms with van der Waals surface area (Å²) in [4.78, 5) is 4.76. The molecule has 1 aromatic carbocycles. The third-order valence-electron chi connectivity index (χ3n) is 3.07. The standard InChI is InChI=1S/C17H24N2/c1-5-6-9-13-12-16(19-17(2,3)4)14-10-7-8-11-15(14)18-13/h7-8,10-12H,5-6,9H2,1-4H3,(H,18,19). The van der Waals surface area contributed by atoms with Gasteiger partial charge in [-0.05, 0) is 45.7 Å². The van der Waals surface area contributed by atoms with Gasteiger partial charge in [0.2, 0.25) is 0 Å².